The van der Waals surface area contributed by atoms with E-state index in [9.17, 15) is 0 Å². The molecule has 7 heteroatoms. The zero-order chi connectivity index (χ0) is 44.6. The molecule has 0 unspecified atom stereocenters. The normalized spacial score (nSPS) is 14.4. The molecule has 8 aromatic rings. The number of fused-ring (bicyclic) bond motifs is 3. The molecule has 4 aromatic carbocycles. The van der Waals surface area contributed by atoms with Crippen LogP contribution in [0.2, 0.25) is 36.9 Å². The fourth-order valence-corrected chi connectivity index (χ4v) is 11.7. The number of hydrogen-bond donors (Lipinski definition) is 0. The van der Waals surface area contributed by atoms with Gasteiger partial charge in [0.25, 0.3) is 0 Å². The standard InChI is InChI=1S/C29H25N2O.C26H34GeNSi.Ir/c1-3-8-20(9-4-1)18-21-16-17-30-27(19-21)25-13-7-12-23-24-14-15-26(22-10-5-2-6-11-22)31-29(24)32-28(23)25;1-26(2,20-12-10-9-11-13-20)24-18-21(27(3,4)5)14-16-23(24)25-17-15-22(19-28-25)29(6,7)8;/h2,5-7,10-12,14-17,19-20H,1,3-4,8-9,18H2;9-15,17-19H,1-8H3;/q2*-1;/i18D2;;. The van der Waals surface area contributed by atoms with Crippen molar-refractivity contribution in [3.05, 3.63) is 163 Å². The van der Waals surface area contributed by atoms with Crippen molar-refractivity contribution in [2.75, 3.05) is 0 Å². The Morgan fingerprint density at radius 1 is 0.758 bits per heavy atom. The van der Waals surface area contributed by atoms with Gasteiger partial charge in [-0.2, -0.15) is 0 Å². The van der Waals surface area contributed by atoms with Gasteiger partial charge in [0.1, 0.15) is 0 Å². The van der Waals surface area contributed by atoms with E-state index in [1.807, 2.05) is 66.7 Å². The minimum atomic E-state index is -1.98. The maximum atomic E-state index is 8.87. The van der Waals surface area contributed by atoms with Crippen LogP contribution in [0, 0.1) is 18.1 Å². The third-order valence-corrected chi connectivity index (χ3v) is 18.5. The summed E-state index contributed by atoms with van der Waals surface area (Å²) in [6, 6.07) is 48.6. The van der Waals surface area contributed by atoms with Gasteiger partial charge in [-0.25, -0.2) is 4.98 Å². The van der Waals surface area contributed by atoms with Crippen molar-refractivity contribution >= 4 is 53.0 Å². The Hall–Kier alpha value is -4.46. The fraction of sp³-hybridized carbons (Fsp3) is 0.291. The summed E-state index contributed by atoms with van der Waals surface area (Å²) in [7, 11) is -1.36. The van der Waals surface area contributed by atoms with Crippen molar-refractivity contribution < 1.29 is 27.3 Å². The van der Waals surface area contributed by atoms with Crippen molar-refractivity contribution in [2.45, 2.75) is 94.6 Å². The summed E-state index contributed by atoms with van der Waals surface area (Å²) in [4.78, 5) is 14.2. The monoisotopic (exact) mass is 1070 g/mol. The summed E-state index contributed by atoms with van der Waals surface area (Å²) in [5.74, 6) is 7.39. The van der Waals surface area contributed by atoms with Crippen molar-refractivity contribution in [3.8, 4) is 33.8 Å². The van der Waals surface area contributed by atoms with Gasteiger partial charge < -0.3 is 9.40 Å². The predicted molar refractivity (Wildman–Crippen MR) is 262 cm³/mol. The van der Waals surface area contributed by atoms with E-state index in [4.69, 9.17) is 17.1 Å². The summed E-state index contributed by atoms with van der Waals surface area (Å²) in [6.45, 7) is 11.7. The Labute approximate surface area is 389 Å². The second kappa shape index (κ2) is 19.1. The van der Waals surface area contributed by atoms with Gasteiger partial charge in [-0.3, -0.25) is 0 Å². The number of nitrogens with zero attached hydrogens (tertiary/aromatic N) is 3. The van der Waals surface area contributed by atoms with Crippen LogP contribution in [0.4, 0.5) is 0 Å². The average molecular weight is 1070 g/mol. The van der Waals surface area contributed by atoms with Gasteiger partial charge >= 0.3 is 181 Å². The topological polar surface area (TPSA) is 51.8 Å². The molecule has 9 rings (SSSR count). The minimum absolute atomic E-state index is 0. The Kier molecular flexibility index (Phi) is 13.2. The van der Waals surface area contributed by atoms with E-state index >= 15 is 0 Å². The minimum Gasteiger partial charge on any atom is -0.486 e. The fourth-order valence-electron chi connectivity index (χ4n) is 8.35. The molecule has 0 amide bonds. The smallest absolute Gasteiger partial charge is 0.216 e. The Balaban J connectivity index is 0.000000191. The first kappa shape index (κ1) is 42.8. The number of benzene rings is 4. The van der Waals surface area contributed by atoms with E-state index < -0.39 is 27.7 Å². The van der Waals surface area contributed by atoms with Crippen LogP contribution < -0.4 is 9.58 Å². The molecule has 1 fully saturated rings. The zero-order valence-corrected chi connectivity index (χ0v) is 42.9. The number of aromatic nitrogens is 3. The number of pyridine rings is 3. The first-order valence-corrected chi connectivity index (χ1v) is 32.7. The van der Waals surface area contributed by atoms with Crippen LogP contribution in [0.3, 0.4) is 0 Å². The van der Waals surface area contributed by atoms with E-state index in [0.29, 0.717) is 22.6 Å². The Bertz CT molecular complexity index is 2850. The van der Waals surface area contributed by atoms with Crippen LogP contribution in [0.15, 0.2) is 138 Å². The molecule has 0 atom stereocenters. The molecule has 319 valence electrons. The molecule has 62 heavy (non-hydrogen) atoms. The van der Waals surface area contributed by atoms with Gasteiger partial charge in [0.15, 0.2) is 0 Å². The van der Waals surface area contributed by atoms with Crippen LogP contribution >= 0.6 is 0 Å². The number of rotatable bonds is 9. The second-order valence-corrected chi connectivity index (χ2v) is 34.9. The average Bonchev–Trinajstić information content (AvgIpc) is 3.68. The number of hydrogen-bond acceptors (Lipinski definition) is 4. The van der Waals surface area contributed by atoms with Gasteiger partial charge in [0, 0.05) is 40.0 Å². The van der Waals surface area contributed by atoms with Gasteiger partial charge in [0.2, 0.25) is 5.71 Å². The largest absolute Gasteiger partial charge is 0.486 e. The molecular weight excluding hydrogens is 1010 g/mol. The van der Waals surface area contributed by atoms with Crippen molar-refractivity contribution in [2.24, 2.45) is 5.92 Å². The Morgan fingerprint density at radius 2 is 1.47 bits per heavy atom. The molecule has 1 saturated carbocycles. The van der Waals surface area contributed by atoms with Gasteiger partial charge in [-0.15, -0.1) is 18.2 Å². The van der Waals surface area contributed by atoms with E-state index in [1.54, 1.807) is 6.20 Å². The summed E-state index contributed by atoms with van der Waals surface area (Å²) >= 11 is -1.98. The van der Waals surface area contributed by atoms with Gasteiger partial charge in [0.05, 0.1) is 11.3 Å². The van der Waals surface area contributed by atoms with E-state index in [-0.39, 0.29) is 31.4 Å². The van der Waals surface area contributed by atoms with Crippen molar-refractivity contribution in [1.82, 2.24) is 15.0 Å². The summed E-state index contributed by atoms with van der Waals surface area (Å²) in [5, 5.41) is 3.29. The van der Waals surface area contributed by atoms with E-state index in [0.717, 1.165) is 64.5 Å². The van der Waals surface area contributed by atoms with Gasteiger partial charge in [-0.1, -0.05) is 85.0 Å². The van der Waals surface area contributed by atoms with Crippen molar-refractivity contribution in [1.29, 1.82) is 0 Å². The molecule has 0 N–H and O–H groups in total. The Morgan fingerprint density at radius 3 is 2.15 bits per heavy atom. The van der Waals surface area contributed by atoms with Crippen LogP contribution in [-0.4, -0.2) is 36.3 Å². The zero-order valence-electron chi connectivity index (χ0n) is 39.4. The van der Waals surface area contributed by atoms with Crippen LogP contribution in [-0.2, 0) is 31.9 Å². The van der Waals surface area contributed by atoms with E-state index in [1.165, 1.54) is 27.1 Å². The molecule has 4 aromatic heterocycles. The first-order chi connectivity index (χ1) is 30.0. The molecule has 4 nitrogen and oxygen atoms in total. The molecule has 1 radical (unpaired) electrons. The number of furan rings is 1. The molecule has 1 aliphatic rings. The van der Waals surface area contributed by atoms with Crippen LogP contribution in [0.1, 0.15) is 65.4 Å². The molecule has 4 heterocycles. The first-order valence-electron chi connectivity index (χ1n) is 22.9. The molecular formula is C55H59GeIrN3OSi-2. The van der Waals surface area contributed by atoms with Crippen LogP contribution in [0.25, 0.3) is 55.8 Å². The van der Waals surface area contributed by atoms with E-state index in [2.05, 4.69) is 129 Å². The van der Waals surface area contributed by atoms with Gasteiger partial charge in [-0.05, 0) is 36.2 Å². The summed E-state index contributed by atoms with van der Waals surface area (Å²) < 4.78 is 25.5. The second-order valence-electron chi connectivity index (χ2n) is 19.1. The third kappa shape index (κ3) is 10.2. The molecule has 0 saturated heterocycles. The molecule has 1 aliphatic carbocycles. The SMILES string of the molecule is CC(C)(c1ccccc1)c1c[c]([Ge]([CH3])([CH3])[CH3])c[c-]c1-c1ccc([Si](C)(C)C)cn1.[2H]C([2H])(c1ccnc(-c2[c-]ccc3c2oc2nc(-c4ccccc4)ccc23)c1)C1CCCCC1.[Ir]. The third-order valence-electron chi connectivity index (χ3n) is 12.2. The quantitative estimate of drug-likeness (QED) is 0.107. The summed E-state index contributed by atoms with van der Waals surface area (Å²) in [5.41, 5.74) is 9.93. The predicted octanol–water partition coefficient (Wildman–Crippen LogP) is 13.6. The maximum Gasteiger partial charge on any atom is 0.216 e. The molecule has 0 spiro atoms. The molecule has 0 bridgehead atoms. The molecule has 0 aliphatic heterocycles. The van der Waals surface area contributed by atoms with Crippen LogP contribution in [0.5, 0.6) is 0 Å². The maximum absolute atomic E-state index is 8.87. The summed E-state index contributed by atoms with van der Waals surface area (Å²) in [6.07, 6.45) is 7.69. The van der Waals surface area contributed by atoms with Crippen molar-refractivity contribution in [3.63, 3.8) is 0 Å².